The van der Waals surface area contributed by atoms with E-state index in [0.717, 1.165) is 22.7 Å². The van der Waals surface area contributed by atoms with Gasteiger partial charge >= 0.3 is 0 Å². The lowest BCUT2D eigenvalue weighted by molar-refractivity contribution is 0.170. The van der Waals surface area contributed by atoms with Gasteiger partial charge in [0.2, 0.25) is 0 Å². The number of ether oxygens (including phenoxy) is 2. The molecule has 0 unspecified atom stereocenters. The van der Waals surface area contributed by atoms with Gasteiger partial charge in [0.15, 0.2) is 11.5 Å². The molecule has 0 saturated heterocycles. The predicted molar refractivity (Wildman–Crippen MR) is 69.0 cm³/mol. The van der Waals surface area contributed by atoms with Gasteiger partial charge in [-0.25, -0.2) is 0 Å². The van der Waals surface area contributed by atoms with Crippen molar-refractivity contribution in [3.8, 4) is 11.5 Å². The molecule has 0 saturated carbocycles. The highest BCUT2D eigenvalue weighted by Gasteiger charge is 2.14. The van der Waals surface area contributed by atoms with E-state index in [2.05, 4.69) is 10.3 Å². The van der Waals surface area contributed by atoms with Crippen LogP contribution < -0.4 is 14.8 Å². The fraction of sp³-hybridized carbons (Fsp3) is 0.214. The summed E-state index contributed by atoms with van der Waals surface area (Å²) in [5, 5.41) is 3.31. The Balaban J connectivity index is 1.77. The molecule has 18 heavy (non-hydrogen) atoms. The molecule has 4 heteroatoms. The Morgan fingerprint density at radius 3 is 2.94 bits per heavy atom. The van der Waals surface area contributed by atoms with Crippen LogP contribution in [0.15, 0.2) is 42.7 Å². The van der Waals surface area contributed by atoms with Crippen LogP contribution in [0.3, 0.4) is 0 Å². The van der Waals surface area contributed by atoms with Crippen molar-refractivity contribution < 1.29 is 9.47 Å². The van der Waals surface area contributed by atoms with Gasteiger partial charge in [-0.3, -0.25) is 4.98 Å². The fourth-order valence-corrected chi connectivity index (χ4v) is 1.94. The Bertz CT molecular complexity index is 529. The van der Waals surface area contributed by atoms with Gasteiger partial charge in [0.1, 0.15) is 13.2 Å². The normalized spacial score (nSPS) is 13.1. The second-order valence-electron chi connectivity index (χ2n) is 4.04. The minimum atomic E-state index is 0.608. The van der Waals surface area contributed by atoms with Crippen LogP contribution in [0.4, 0.5) is 5.69 Å². The van der Waals surface area contributed by atoms with Crippen LogP contribution in [0.5, 0.6) is 11.5 Å². The van der Waals surface area contributed by atoms with E-state index in [4.69, 9.17) is 9.47 Å². The lowest BCUT2D eigenvalue weighted by Crippen LogP contribution is -2.17. The third-order valence-electron chi connectivity index (χ3n) is 2.79. The number of rotatable bonds is 3. The summed E-state index contributed by atoms with van der Waals surface area (Å²) >= 11 is 0. The maximum atomic E-state index is 5.66. The van der Waals surface area contributed by atoms with Crippen molar-refractivity contribution in [2.75, 3.05) is 18.5 Å². The number of nitrogens with one attached hydrogen (secondary N) is 1. The molecule has 3 rings (SSSR count). The Morgan fingerprint density at radius 2 is 2.06 bits per heavy atom. The highest BCUT2D eigenvalue weighted by atomic mass is 16.6. The molecule has 0 atom stereocenters. The second-order valence-corrected chi connectivity index (χ2v) is 4.04. The third kappa shape index (κ3) is 2.22. The Morgan fingerprint density at radius 1 is 1.11 bits per heavy atom. The van der Waals surface area contributed by atoms with Gasteiger partial charge in [0.05, 0.1) is 5.69 Å². The lowest BCUT2D eigenvalue weighted by Gasteiger charge is -2.21. The zero-order valence-electron chi connectivity index (χ0n) is 9.93. The van der Waals surface area contributed by atoms with E-state index < -0.39 is 0 Å². The zero-order valence-corrected chi connectivity index (χ0v) is 9.93. The first-order chi connectivity index (χ1) is 8.93. The van der Waals surface area contributed by atoms with Gasteiger partial charge in [-0.1, -0.05) is 12.1 Å². The molecule has 1 aliphatic heterocycles. The van der Waals surface area contributed by atoms with Crippen LogP contribution in [0.25, 0.3) is 0 Å². The van der Waals surface area contributed by atoms with E-state index in [1.165, 1.54) is 0 Å². The summed E-state index contributed by atoms with van der Waals surface area (Å²) in [6, 6.07) is 9.84. The number of nitrogens with zero attached hydrogens (tertiary/aromatic N) is 1. The van der Waals surface area contributed by atoms with Gasteiger partial charge in [-0.15, -0.1) is 0 Å². The summed E-state index contributed by atoms with van der Waals surface area (Å²) in [6.07, 6.45) is 3.55. The Labute approximate surface area is 106 Å². The van der Waals surface area contributed by atoms with Crippen LogP contribution in [-0.2, 0) is 6.54 Å². The molecule has 1 aromatic carbocycles. The maximum absolute atomic E-state index is 5.66. The van der Waals surface area contributed by atoms with E-state index in [1.54, 1.807) is 12.4 Å². The van der Waals surface area contributed by atoms with Gasteiger partial charge in [0.25, 0.3) is 0 Å². The van der Waals surface area contributed by atoms with Gasteiger partial charge in [-0.2, -0.15) is 0 Å². The maximum Gasteiger partial charge on any atom is 0.166 e. The van der Waals surface area contributed by atoms with E-state index in [-0.39, 0.29) is 0 Å². The first-order valence-electron chi connectivity index (χ1n) is 5.95. The molecule has 0 bridgehead atoms. The average Bonchev–Trinajstić information content (AvgIpc) is 2.46. The van der Waals surface area contributed by atoms with Crippen LogP contribution in [0.2, 0.25) is 0 Å². The summed E-state index contributed by atoms with van der Waals surface area (Å²) in [4.78, 5) is 4.07. The van der Waals surface area contributed by atoms with E-state index >= 15 is 0 Å². The van der Waals surface area contributed by atoms with Crippen molar-refractivity contribution in [2.45, 2.75) is 6.54 Å². The van der Waals surface area contributed by atoms with Gasteiger partial charge in [0, 0.05) is 24.5 Å². The first-order valence-corrected chi connectivity index (χ1v) is 5.95. The van der Waals surface area contributed by atoms with E-state index in [9.17, 15) is 0 Å². The number of aromatic nitrogens is 1. The number of pyridine rings is 1. The Hall–Kier alpha value is -2.23. The fourth-order valence-electron chi connectivity index (χ4n) is 1.94. The summed E-state index contributed by atoms with van der Waals surface area (Å²) in [5.41, 5.74) is 2.09. The van der Waals surface area contributed by atoms with Crippen molar-refractivity contribution in [3.63, 3.8) is 0 Å². The largest absolute Gasteiger partial charge is 0.486 e. The van der Waals surface area contributed by atoms with Gasteiger partial charge in [-0.05, 0) is 18.2 Å². The number of benzene rings is 1. The SMILES string of the molecule is c1cncc(NCc2cccc3c2OCCO3)c1. The van der Waals surface area contributed by atoms with E-state index in [1.807, 2.05) is 30.3 Å². The second kappa shape index (κ2) is 4.96. The molecule has 1 N–H and O–H groups in total. The lowest BCUT2D eigenvalue weighted by atomic mass is 10.1. The molecule has 1 aliphatic rings. The van der Waals surface area contributed by atoms with Crippen LogP contribution in [0, 0.1) is 0 Å². The number of anilines is 1. The van der Waals surface area contributed by atoms with Crippen molar-refractivity contribution in [3.05, 3.63) is 48.3 Å². The molecule has 2 heterocycles. The van der Waals surface area contributed by atoms with Gasteiger partial charge < -0.3 is 14.8 Å². The standard InChI is InChI=1S/C14H14N2O2/c1-3-11(9-16-12-4-2-6-15-10-12)14-13(5-1)17-7-8-18-14/h1-6,10,16H,7-9H2. The van der Waals surface area contributed by atoms with E-state index in [0.29, 0.717) is 19.8 Å². The highest BCUT2D eigenvalue weighted by molar-refractivity contribution is 5.49. The molecule has 0 amide bonds. The van der Waals surface area contributed by atoms with Crippen LogP contribution in [0.1, 0.15) is 5.56 Å². The zero-order chi connectivity index (χ0) is 12.2. The topological polar surface area (TPSA) is 43.4 Å². The average molecular weight is 242 g/mol. The molecule has 0 radical (unpaired) electrons. The number of fused-ring (bicyclic) bond motifs is 1. The summed E-state index contributed by atoms with van der Waals surface area (Å²) in [7, 11) is 0. The van der Waals surface area contributed by atoms with Crippen molar-refractivity contribution in [2.24, 2.45) is 0 Å². The van der Waals surface area contributed by atoms with Crippen molar-refractivity contribution in [1.82, 2.24) is 4.98 Å². The van der Waals surface area contributed by atoms with Crippen molar-refractivity contribution in [1.29, 1.82) is 0 Å². The predicted octanol–water partition coefficient (Wildman–Crippen LogP) is 2.46. The number of hydrogen-bond acceptors (Lipinski definition) is 4. The summed E-state index contributed by atoms with van der Waals surface area (Å²) in [6.45, 7) is 1.92. The molecular formula is C14H14N2O2. The smallest absolute Gasteiger partial charge is 0.166 e. The quantitative estimate of drug-likeness (QED) is 0.898. The number of hydrogen-bond donors (Lipinski definition) is 1. The molecule has 0 fully saturated rings. The molecule has 0 aliphatic carbocycles. The molecule has 0 spiro atoms. The number of para-hydroxylation sites is 1. The van der Waals surface area contributed by atoms with Crippen molar-refractivity contribution >= 4 is 5.69 Å². The minimum absolute atomic E-state index is 0.608. The summed E-state index contributed by atoms with van der Waals surface area (Å²) < 4.78 is 11.2. The highest BCUT2D eigenvalue weighted by Crippen LogP contribution is 2.33. The Kier molecular flexibility index (Phi) is 3.00. The monoisotopic (exact) mass is 242 g/mol. The van der Waals surface area contributed by atoms with Crippen LogP contribution in [-0.4, -0.2) is 18.2 Å². The molecule has 4 nitrogen and oxygen atoms in total. The molecular weight excluding hydrogens is 228 g/mol. The third-order valence-corrected chi connectivity index (χ3v) is 2.79. The van der Waals surface area contributed by atoms with Crippen LogP contribution >= 0.6 is 0 Å². The first kappa shape index (κ1) is 10.9. The summed E-state index contributed by atoms with van der Waals surface area (Å²) in [5.74, 6) is 1.67. The molecule has 2 aromatic rings. The minimum Gasteiger partial charge on any atom is -0.486 e. The molecule has 1 aromatic heterocycles. The molecule has 92 valence electrons.